The van der Waals surface area contributed by atoms with Gasteiger partial charge in [-0.25, -0.2) is 19.9 Å². The molecule has 11 nitrogen and oxygen atoms in total. The van der Waals surface area contributed by atoms with Crippen molar-refractivity contribution in [3.05, 3.63) is 102 Å². The van der Waals surface area contributed by atoms with E-state index in [4.69, 9.17) is 20.1 Å². The Morgan fingerprint density at radius 2 is 1.98 bits per heavy atom. The number of rotatable bonds is 6. The minimum Gasteiger partial charge on any atom is -0.507 e. The van der Waals surface area contributed by atoms with Gasteiger partial charge >= 0.3 is 0 Å². The average molecular weight is 558 g/mol. The van der Waals surface area contributed by atoms with Gasteiger partial charge in [-0.3, -0.25) is 14.2 Å². The van der Waals surface area contributed by atoms with Crippen LogP contribution in [-0.2, 0) is 6.42 Å². The number of pyridine rings is 2. The third-order valence-corrected chi connectivity index (χ3v) is 7.42. The van der Waals surface area contributed by atoms with Gasteiger partial charge in [-0.1, -0.05) is 6.07 Å². The number of phenolic OH excluding ortho intramolecular Hbond substituents is 1. The number of nitrogens with zero attached hydrogens (tertiary/aromatic N) is 5. The number of anilines is 1. The van der Waals surface area contributed by atoms with Crippen LogP contribution in [0, 0.1) is 0 Å². The van der Waals surface area contributed by atoms with Crippen LogP contribution < -0.4 is 11.1 Å². The first kappa shape index (κ1) is 25.1. The minimum atomic E-state index is -0.321. The molecule has 4 heterocycles. The number of carbonyl (C=O) groups excluding carboxylic acids is 2. The summed E-state index contributed by atoms with van der Waals surface area (Å²) in [6, 6.07) is 17.4. The number of aldehydes is 1. The summed E-state index contributed by atoms with van der Waals surface area (Å²) in [5.74, 6) is 0.847. The second kappa shape index (κ2) is 9.97. The van der Waals surface area contributed by atoms with Crippen LogP contribution in [0.4, 0.5) is 5.82 Å². The molecule has 0 bridgehead atoms. The number of benzene rings is 2. The quantitative estimate of drug-likeness (QED) is 0.247. The Hall–Kier alpha value is -5.84. The number of carbonyl (C=O) groups is 2. The number of oxazole rings is 1. The van der Waals surface area contributed by atoms with Crippen molar-refractivity contribution >= 4 is 29.2 Å². The first-order valence-electron chi connectivity index (χ1n) is 13.2. The molecular formula is C31H23N7O4. The number of fused-ring (bicyclic) bond motifs is 2. The number of aromatic hydroxyl groups is 1. The SMILES string of the molecule is Nc1ncccc1-c1nc2ccc(-c3ncco3)nc2n1-c1ccc2c(c1)CC[C@@H]2NC(=O)c1ccc(O)c(C=O)c1. The lowest BCUT2D eigenvalue weighted by atomic mass is 10.1. The Kier molecular flexibility index (Phi) is 5.97. The maximum absolute atomic E-state index is 13.0. The summed E-state index contributed by atoms with van der Waals surface area (Å²) >= 11 is 0. The Morgan fingerprint density at radius 1 is 1.07 bits per heavy atom. The van der Waals surface area contributed by atoms with Crippen molar-refractivity contribution in [3.63, 3.8) is 0 Å². The molecule has 4 N–H and O–H groups in total. The molecule has 206 valence electrons. The Balaban J connectivity index is 1.29. The van der Waals surface area contributed by atoms with Crippen LogP contribution in [0.5, 0.6) is 5.75 Å². The molecule has 0 saturated heterocycles. The fraction of sp³-hybridized carbons (Fsp3) is 0.0968. The molecular weight excluding hydrogens is 534 g/mol. The molecule has 42 heavy (non-hydrogen) atoms. The summed E-state index contributed by atoms with van der Waals surface area (Å²) in [7, 11) is 0. The van der Waals surface area contributed by atoms with Gasteiger partial charge in [0.1, 0.15) is 29.0 Å². The van der Waals surface area contributed by atoms with Crippen molar-refractivity contribution in [2.45, 2.75) is 18.9 Å². The van der Waals surface area contributed by atoms with Gasteiger partial charge < -0.3 is 20.6 Å². The highest BCUT2D eigenvalue weighted by atomic mass is 16.3. The molecule has 1 aliphatic rings. The molecule has 7 rings (SSSR count). The van der Waals surface area contributed by atoms with E-state index in [1.807, 2.05) is 41.0 Å². The van der Waals surface area contributed by atoms with Gasteiger partial charge in [-0.05, 0) is 78.6 Å². The van der Waals surface area contributed by atoms with E-state index >= 15 is 0 Å². The molecule has 0 radical (unpaired) electrons. The van der Waals surface area contributed by atoms with Gasteiger partial charge in [0.15, 0.2) is 17.8 Å². The number of phenols is 1. The van der Waals surface area contributed by atoms with Gasteiger partial charge in [0, 0.05) is 17.4 Å². The minimum absolute atomic E-state index is 0.0660. The van der Waals surface area contributed by atoms with Crippen LogP contribution >= 0.6 is 0 Å². The summed E-state index contributed by atoms with van der Waals surface area (Å²) in [5, 5.41) is 12.8. The highest BCUT2D eigenvalue weighted by Crippen LogP contribution is 2.36. The average Bonchev–Trinajstić information content (AvgIpc) is 3.76. The number of nitrogen functional groups attached to an aromatic ring is 1. The van der Waals surface area contributed by atoms with Gasteiger partial charge in [0.2, 0.25) is 5.89 Å². The fourth-order valence-electron chi connectivity index (χ4n) is 5.38. The number of hydrogen-bond acceptors (Lipinski definition) is 9. The summed E-state index contributed by atoms with van der Waals surface area (Å²) < 4.78 is 7.43. The molecule has 0 saturated carbocycles. The predicted octanol–water partition coefficient (Wildman–Crippen LogP) is 4.66. The molecule has 0 unspecified atom stereocenters. The zero-order valence-electron chi connectivity index (χ0n) is 22.1. The Bertz CT molecular complexity index is 2000. The van der Waals surface area contributed by atoms with Crippen LogP contribution in [0.25, 0.3) is 39.8 Å². The van der Waals surface area contributed by atoms with Gasteiger partial charge in [-0.2, -0.15) is 0 Å². The Labute approximate surface area is 238 Å². The summed E-state index contributed by atoms with van der Waals surface area (Å²) in [5.41, 5.74) is 12.0. The number of nitrogens with one attached hydrogen (secondary N) is 1. The van der Waals surface area contributed by atoms with Crippen LogP contribution in [-0.4, -0.2) is 41.8 Å². The van der Waals surface area contributed by atoms with Crippen LogP contribution in [0.2, 0.25) is 0 Å². The van der Waals surface area contributed by atoms with E-state index in [0.29, 0.717) is 58.2 Å². The maximum Gasteiger partial charge on any atom is 0.251 e. The summed E-state index contributed by atoms with van der Waals surface area (Å²) in [4.78, 5) is 42.4. The van der Waals surface area contributed by atoms with E-state index in [2.05, 4.69) is 21.4 Å². The second-order valence-corrected chi connectivity index (χ2v) is 9.92. The van der Waals surface area contributed by atoms with E-state index in [-0.39, 0.29) is 23.3 Å². The van der Waals surface area contributed by atoms with E-state index < -0.39 is 0 Å². The molecule has 4 aromatic heterocycles. The summed E-state index contributed by atoms with van der Waals surface area (Å²) in [6.45, 7) is 0. The van der Waals surface area contributed by atoms with Crippen molar-refractivity contribution in [1.29, 1.82) is 0 Å². The zero-order valence-corrected chi connectivity index (χ0v) is 22.1. The number of amides is 1. The zero-order chi connectivity index (χ0) is 28.8. The number of imidazole rings is 1. The lowest BCUT2D eigenvalue weighted by Crippen LogP contribution is -2.27. The van der Waals surface area contributed by atoms with Gasteiger partial charge in [0.25, 0.3) is 5.91 Å². The lowest BCUT2D eigenvalue weighted by molar-refractivity contribution is 0.0936. The predicted molar refractivity (Wildman–Crippen MR) is 154 cm³/mol. The normalized spacial score (nSPS) is 14.1. The molecule has 0 aliphatic heterocycles. The molecule has 6 aromatic rings. The molecule has 1 aliphatic carbocycles. The third kappa shape index (κ3) is 4.24. The van der Waals surface area contributed by atoms with Crippen LogP contribution in [0.15, 0.2) is 83.7 Å². The van der Waals surface area contributed by atoms with Crippen LogP contribution in [0.1, 0.15) is 44.3 Å². The van der Waals surface area contributed by atoms with E-state index in [0.717, 1.165) is 23.2 Å². The lowest BCUT2D eigenvalue weighted by Gasteiger charge is -2.16. The van der Waals surface area contributed by atoms with Crippen molar-refractivity contribution < 1.29 is 19.1 Å². The first-order chi connectivity index (χ1) is 20.5. The molecule has 0 fully saturated rings. The molecule has 11 heteroatoms. The van der Waals surface area contributed by atoms with Crippen molar-refractivity contribution in [2.75, 3.05) is 5.73 Å². The maximum atomic E-state index is 13.0. The molecule has 0 spiro atoms. The van der Waals surface area contributed by atoms with Crippen LogP contribution in [0.3, 0.4) is 0 Å². The third-order valence-electron chi connectivity index (χ3n) is 7.42. The Morgan fingerprint density at radius 3 is 2.79 bits per heavy atom. The second-order valence-electron chi connectivity index (χ2n) is 9.92. The highest BCUT2D eigenvalue weighted by Gasteiger charge is 2.26. The van der Waals surface area contributed by atoms with Gasteiger partial charge in [-0.15, -0.1) is 0 Å². The van der Waals surface area contributed by atoms with Crippen molar-refractivity contribution in [3.8, 4) is 34.4 Å². The first-order valence-corrected chi connectivity index (χ1v) is 13.2. The largest absolute Gasteiger partial charge is 0.507 e. The van der Waals surface area contributed by atoms with Crippen molar-refractivity contribution in [1.82, 2.24) is 29.8 Å². The number of hydrogen-bond donors (Lipinski definition) is 3. The topological polar surface area (TPSA) is 162 Å². The molecule has 1 atom stereocenters. The monoisotopic (exact) mass is 557 g/mol. The number of nitrogens with two attached hydrogens (primary N) is 1. The highest BCUT2D eigenvalue weighted by molar-refractivity contribution is 5.96. The fourth-order valence-corrected chi connectivity index (χ4v) is 5.38. The van der Waals surface area contributed by atoms with E-state index in [1.165, 1.54) is 24.5 Å². The molecule has 1 amide bonds. The molecule has 2 aromatic carbocycles. The van der Waals surface area contributed by atoms with E-state index in [1.54, 1.807) is 12.4 Å². The van der Waals surface area contributed by atoms with E-state index in [9.17, 15) is 14.7 Å². The van der Waals surface area contributed by atoms with Crippen molar-refractivity contribution in [2.24, 2.45) is 0 Å². The standard InChI is InChI=1S/C31H23N7O4/c32-27-22(2-1-11-33-27)28-35-24-8-9-25(31-34-12-13-42-31)36-29(24)38(28)20-5-6-21-17(15-20)3-7-23(21)37-30(41)18-4-10-26(40)19(14-18)16-39/h1-2,4-6,8-16,23,40H,3,7H2,(H2,32,33)(H,37,41)/t23-/m0/s1. The van der Waals surface area contributed by atoms with Gasteiger partial charge in [0.05, 0.1) is 23.4 Å². The smallest absolute Gasteiger partial charge is 0.251 e. The number of aryl methyl sites for hydroxylation is 1. The number of aromatic nitrogens is 5. The summed E-state index contributed by atoms with van der Waals surface area (Å²) in [6.07, 6.45) is 6.68.